The predicted molar refractivity (Wildman–Crippen MR) is 90.6 cm³/mol. The number of nitrogens with zero attached hydrogens (tertiary/aromatic N) is 1. The molecule has 0 spiro atoms. The van der Waals surface area contributed by atoms with Crippen LogP contribution in [0.4, 0.5) is 4.79 Å². The maximum atomic E-state index is 12.1. The predicted octanol–water partition coefficient (Wildman–Crippen LogP) is 3.34. The van der Waals surface area contributed by atoms with Gasteiger partial charge in [0.2, 0.25) is 0 Å². The average molecular weight is 394 g/mol. The molecule has 0 aliphatic carbocycles. The van der Waals surface area contributed by atoms with Crippen molar-refractivity contribution in [1.29, 1.82) is 0 Å². The summed E-state index contributed by atoms with van der Waals surface area (Å²) in [5.41, 5.74) is 1.47. The molecule has 7 heteroatoms. The molecule has 6 nitrogen and oxygen atoms in total. The van der Waals surface area contributed by atoms with Crippen LogP contribution in [-0.4, -0.2) is 32.2 Å². The summed E-state index contributed by atoms with van der Waals surface area (Å²) in [4.78, 5) is 23.5. The van der Waals surface area contributed by atoms with Crippen LogP contribution in [0.1, 0.15) is 11.1 Å². The van der Waals surface area contributed by atoms with Crippen LogP contribution in [0, 0.1) is 0 Å². The van der Waals surface area contributed by atoms with Crippen LogP contribution in [0.5, 0.6) is 5.75 Å². The Kier molecular flexibility index (Phi) is 6.20. The number of aliphatic carboxylic acids is 1. The molecule has 0 unspecified atom stereocenters. The molecule has 2 aromatic rings. The van der Waals surface area contributed by atoms with Crippen molar-refractivity contribution in [3.63, 3.8) is 0 Å². The van der Waals surface area contributed by atoms with Gasteiger partial charge in [-0.1, -0.05) is 42.5 Å². The Balaban J connectivity index is 1.99. The van der Waals surface area contributed by atoms with Gasteiger partial charge in [0.25, 0.3) is 0 Å². The van der Waals surface area contributed by atoms with E-state index in [1.54, 1.807) is 24.3 Å². The lowest BCUT2D eigenvalue weighted by atomic mass is 10.1. The molecule has 0 aliphatic rings. The second kappa shape index (κ2) is 8.35. The van der Waals surface area contributed by atoms with Crippen LogP contribution in [0.25, 0.3) is 0 Å². The molecule has 0 radical (unpaired) electrons. The van der Waals surface area contributed by atoms with Crippen LogP contribution < -0.4 is 0 Å². The zero-order chi connectivity index (χ0) is 17.5. The summed E-state index contributed by atoms with van der Waals surface area (Å²) in [5, 5.41) is 18.6. The molecule has 126 valence electrons. The fourth-order valence-electron chi connectivity index (χ4n) is 2.03. The Morgan fingerprint density at radius 2 is 1.67 bits per heavy atom. The second-order valence-electron chi connectivity index (χ2n) is 5.08. The molecule has 0 saturated carbocycles. The van der Waals surface area contributed by atoms with Crippen LogP contribution in [0.2, 0.25) is 0 Å². The SMILES string of the molecule is O=C(O)[C@H](Cc1ccc(O)cc1)N(Br)C(=O)OCc1ccccc1. The number of hydrogen-bond donors (Lipinski definition) is 2. The van der Waals surface area contributed by atoms with Crippen molar-refractivity contribution in [2.24, 2.45) is 0 Å². The van der Waals surface area contributed by atoms with Crippen LogP contribution in [0.15, 0.2) is 54.6 Å². The third kappa shape index (κ3) is 4.99. The topological polar surface area (TPSA) is 87.1 Å². The summed E-state index contributed by atoms with van der Waals surface area (Å²) in [6.07, 6.45) is -0.716. The molecule has 2 aromatic carbocycles. The van der Waals surface area contributed by atoms with E-state index in [0.717, 1.165) is 9.49 Å². The molecular formula is C17H16BrNO5. The second-order valence-corrected chi connectivity index (χ2v) is 5.84. The largest absolute Gasteiger partial charge is 0.508 e. The summed E-state index contributed by atoms with van der Waals surface area (Å²) >= 11 is 2.98. The zero-order valence-corrected chi connectivity index (χ0v) is 14.2. The molecule has 1 amide bonds. The summed E-state index contributed by atoms with van der Waals surface area (Å²) < 4.78 is 5.99. The molecule has 0 fully saturated rings. The summed E-state index contributed by atoms with van der Waals surface area (Å²) in [6, 6.07) is 14.1. The van der Waals surface area contributed by atoms with Crippen LogP contribution >= 0.6 is 16.1 Å². The standard InChI is InChI=1S/C17H16BrNO5/c18-19(17(23)24-11-13-4-2-1-3-5-13)15(16(21)22)10-12-6-8-14(20)9-7-12/h1-9,15,20H,10-11H2,(H,21,22)/t15-/m0/s1. The summed E-state index contributed by atoms with van der Waals surface area (Å²) in [7, 11) is 0. The van der Waals surface area contributed by atoms with Gasteiger partial charge < -0.3 is 14.9 Å². The molecule has 2 rings (SSSR count). The van der Waals surface area contributed by atoms with E-state index in [0.29, 0.717) is 5.56 Å². The van der Waals surface area contributed by atoms with E-state index in [1.807, 2.05) is 18.2 Å². The normalized spacial score (nSPS) is 11.5. The van der Waals surface area contributed by atoms with Gasteiger partial charge in [-0.25, -0.2) is 13.5 Å². The van der Waals surface area contributed by atoms with E-state index in [1.165, 1.54) is 12.1 Å². The monoisotopic (exact) mass is 393 g/mol. The number of rotatable bonds is 6. The van der Waals surface area contributed by atoms with Gasteiger partial charge in [-0.15, -0.1) is 0 Å². The maximum absolute atomic E-state index is 12.1. The highest BCUT2D eigenvalue weighted by Crippen LogP contribution is 2.18. The average Bonchev–Trinajstić information content (AvgIpc) is 2.59. The number of aromatic hydroxyl groups is 1. The third-order valence-electron chi connectivity index (χ3n) is 3.30. The van der Waals surface area contributed by atoms with E-state index in [4.69, 9.17) is 4.74 Å². The number of ether oxygens (including phenoxy) is 1. The number of halogens is 1. The van der Waals surface area contributed by atoms with Gasteiger partial charge >= 0.3 is 12.1 Å². The van der Waals surface area contributed by atoms with E-state index in [9.17, 15) is 19.8 Å². The highest BCUT2D eigenvalue weighted by atomic mass is 79.9. The number of carboxylic acids is 1. The fraction of sp³-hybridized carbons (Fsp3) is 0.176. The maximum Gasteiger partial charge on any atom is 0.421 e. The molecule has 24 heavy (non-hydrogen) atoms. The van der Waals surface area contributed by atoms with E-state index >= 15 is 0 Å². The third-order valence-corrected chi connectivity index (χ3v) is 4.09. The van der Waals surface area contributed by atoms with Gasteiger partial charge in [0.15, 0.2) is 0 Å². The van der Waals surface area contributed by atoms with Crippen LogP contribution in [0.3, 0.4) is 0 Å². The first kappa shape index (κ1) is 17.8. The fourth-order valence-corrected chi connectivity index (χ4v) is 2.45. The first-order valence-electron chi connectivity index (χ1n) is 7.14. The van der Waals surface area contributed by atoms with E-state index < -0.39 is 18.1 Å². The van der Waals surface area contributed by atoms with Crippen molar-refractivity contribution in [1.82, 2.24) is 3.93 Å². The minimum atomic E-state index is -1.17. The number of phenols is 1. The van der Waals surface area contributed by atoms with Crippen molar-refractivity contribution < 1.29 is 24.5 Å². The Labute approximate surface area is 147 Å². The molecular weight excluding hydrogens is 378 g/mol. The summed E-state index contributed by atoms with van der Waals surface area (Å²) in [6.45, 7) is 0.0489. The van der Waals surface area contributed by atoms with Crippen molar-refractivity contribution in [2.75, 3.05) is 0 Å². The van der Waals surface area contributed by atoms with E-state index in [-0.39, 0.29) is 18.8 Å². The number of carbonyl (C=O) groups is 2. The number of benzene rings is 2. The van der Waals surface area contributed by atoms with E-state index in [2.05, 4.69) is 16.1 Å². The number of amides is 1. The molecule has 2 N–H and O–H groups in total. The molecule has 1 atom stereocenters. The molecule has 0 aromatic heterocycles. The molecule has 0 aliphatic heterocycles. The van der Waals surface area contributed by atoms with Crippen molar-refractivity contribution in [3.8, 4) is 5.75 Å². The first-order chi connectivity index (χ1) is 11.5. The molecule has 0 heterocycles. The highest BCUT2D eigenvalue weighted by Gasteiger charge is 2.29. The van der Waals surface area contributed by atoms with Gasteiger partial charge in [-0.05, 0) is 23.3 Å². The lowest BCUT2D eigenvalue weighted by Crippen LogP contribution is -2.40. The lowest BCUT2D eigenvalue weighted by Gasteiger charge is -2.22. The Morgan fingerprint density at radius 1 is 1.04 bits per heavy atom. The molecule has 0 bridgehead atoms. The quantitative estimate of drug-likeness (QED) is 0.734. The number of hydrogen-bond acceptors (Lipinski definition) is 4. The number of carboxylic acid groups (broad SMARTS) is 1. The van der Waals surface area contributed by atoms with Gasteiger partial charge in [0, 0.05) is 6.42 Å². The van der Waals surface area contributed by atoms with Gasteiger partial charge in [-0.2, -0.15) is 0 Å². The van der Waals surface area contributed by atoms with Crippen molar-refractivity contribution >= 4 is 28.2 Å². The van der Waals surface area contributed by atoms with Crippen molar-refractivity contribution in [3.05, 3.63) is 65.7 Å². The Bertz CT molecular complexity index is 690. The summed E-state index contributed by atoms with van der Waals surface area (Å²) in [5.74, 6) is -1.08. The van der Waals surface area contributed by atoms with Crippen molar-refractivity contribution in [2.45, 2.75) is 19.1 Å². The highest BCUT2D eigenvalue weighted by molar-refractivity contribution is 9.07. The van der Waals surface area contributed by atoms with Gasteiger partial charge in [-0.3, -0.25) is 0 Å². The van der Waals surface area contributed by atoms with Crippen LogP contribution in [-0.2, 0) is 22.6 Å². The van der Waals surface area contributed by atoms with Gasteiger partial charge in [0.05, 0.1) is 16.1 Å². The smallest absolute Gasteiger partial charge is 0.421 e. The Hall–Kier alpha value is -2.54. The molecule has 0 saturated heterocycles. The minimum Gasteiger partial charge on any atom is -0.508 e. The first-order valence-corrected chi connectivity index (χ1v) is 7.84. The zero-order valence-electron chi connectivity index (χ0n) is 12.6. The Morgan fingerprint density at radius 3 is 2.25 bits per heavy atom. The number of phenolic OH excluding ortho intramolecular Hbond substituents is 1. The number of carbonyl (C=O) groups excluding carboxylic acids is 1. The minimum absolute atomic E-state index is 0.0489. The van der Waals surface area contributed by atoms with Gasteiger partial charge in [0.1, 0.15) is 18.4 Å². The lowest BCUT2D eigenvalue weighted by molar-refractivity contribution is -0.140.